The lowest BCUT2D eigenvalue weighted by Crippen LogP contribution is -2.63. The lowest BCUT2D eigenvalue weighted by atomic mass is 10.0. The smallest absolute Gasteiger partial charge is 0.239 e. The number of nitrogens with zero attached hydrogens (tertiary/aromatic N) is 1. The van der Waals surface area contributed by atoms with Crippen LogP contribution >= 0.6 is 0 Å². The third-order valence-corrected chi connectivity index (χ3v) is 7.52. The van der Waals surface area contributed by atoms with Crippen molar-refractivity contribution in [2.24, 2.45) is 5.92 Å². The van der Waals surface area contributed by atoms with Gasteiger partial charge in [0.05, 0.1) is 11.7 Å². The zero-order valence-corrected chi connectivity index (χ0v) is 19.0. The summed E-state index contributed by atoms with van der Waals surface area (Å²) < 4.78 is 12.8. The number of unbranched alkanes of at least 4 members (excludes halogenated alkanes) is 3. The maximum Gasteiger partial charge on any atom is 0.239 e. The van der Waals surface area contributed by atoms with Gasteiger partial charge in [0, 0.05) is 17.3 Å². The lowest BCUT2D eigenvalue weighted by Gasteiger charge is -2.44. The Morgan fingerprint density at radius 1 is 0.935 bits per heavy atom. The van der Waals surface area contributed by atoms with Gasteiger partial charge >= 0.3 is 0 Å². The number of aryl methyl sites for hydroxylation is 1. The van der Waals surface area contributed by atoms with Crippen LogP contribution in [0.15, 0.2) is 60.7 Å². The molecule has 1 saturated heterocycles. The molecule has 0 spiro atoms. The normalized spacial score (nSPS) is 19.0. The topological polar surface area (TPSA) is 66.5 Å². The molecular formula is C25H32N2O3S. The first-order valence-electron chi connectivity index (χ1n) is 11.1. The van der Waals surface area contributed by atoms with Crippen molar-refractivity contribution in [2.45, 2.75) is 50.2 Å². The van der Waals surface area contributed by atoms with Crippen molar-refractivity contribution >= 4 is 22.6 Å². The van der Waals surface area contributed by atoms with Gasteiger partial charge in [0.25, 0.3) is 0 Å². The van der Waals surface area contributed by atoms with Crippen molar-refractivity contribution in [2.75, 3.05) is 13.1 Å². The average molecular weight is 441 g/mol. The van der Waals surface area contributed by atoms with E-state index in [1.54, 1.807) is 6.92 Å². The van der Waals surface area contributed by atoms with E-state index < -0.39 is 16.2 Å². The van der Waals surface area contributed by atoms with Gasteiger partial charge in [-0.15, -0.1) is 0 Å². The van der Waals surface area contributed by atoms with Crippen LogP contribution < -0.4 is 5.32 Å². The first-order chi connectivity index (χ1) is 15.1. The number of β-lactam (4-membered cyclic amide) rings is 1. The molecule has 0 radical (unpaired) electrons. The van der Waals surface area contributed by atoms with Crippen LogP contribution in [0.5, 0.6) is 0 Å². The molecule has 0 saturated carbocycles. The predicted octanol–water partition coefficient (Wildman–Crippen LogP) is 3.66. The van der Waals surface area contributed by atoms with Crippen LogP contribution in [0.2, 0.25) is 0 Å². The number of hydrogen-bond donors (Lipinski definition) is 1. The molecule has 1 N–H and O–H groups in total. The van der Waals surface area contributed by atoms with Crippen molar-refractivity contribution in [1.82, 2.24) is 10.2 Å². The summed E-state index contributed by atoms with van der Waals surface area (Å²) in [5.74, 6) is -0.180. The van der Waals surface area contributed by atoms with Crippen LogP contribution in [0.3, 0.4) is 0 Å². The second-order valence-electron chi connectivity index (χ2n) is 8.16. The number of likely N-dealkylation sites (tertiary alicyclic amines) is 1. The highest BCUT2D eigenvalue weighted by Crippen LogP contribution is 2.30. The zero-order chi connectivity index (χ0) is 22.1. The van der Waals surface area contributed by atoms with Crippen LogP contribution in [-0.4, -0.2) is 39.4 Å². The van der Waals surface area contributed by atoms with E-state index in [9.17, 15) is 13.8 Å². The Balaban J connectivity index is 1.33. The van der Waals surface area contributed by atoms with Crippen molar-refractivity contribution in [3.8, 4) is 0 Å². The number of hydrogen-bond acceptors (Lipinski definition) is 3. The Hall–Kier alpha value is -2.47. The van der Waals surface area contributed by atoms with Gasteiger partial charge in [-0.1, -0.05) is 80.4 Å². The minimum atomic E-state index is -1.23. The lowest BCUT2D eigenvalue weighted by molar-refractivity contribution is -0.152. The molecule has 1 heterocycles. The molecule has 2 amide bonds. The fraction of sp³-hybridized carbons (Fsp3) is 0.440. The van der Waals surface area contributed by atoms with E-state index in [2.05, 4.69) is 29.6 Å². The van der Waals surface area contributed by atoms with Gasteiger partial charge < -0.3 is 10.2 Å². The second-order valence-corrected chi connectivity index (χ2v) is 9.69. The number of carbonyl (C=O) groups is 2. The molecule has 2 aromatic rings. The molecule has 6 heteroatoms. The van der Waals surface area contributed by atoms with Crippen LogP contribution in [0.25, 0.3) is 0 Å². The van der Waals surface area contributed by atoms with Crippen LogP contribution in [-0.2, 0) is 32.6 Å². The summed E-state index contributed by atoms with van der Waals surface area (Å²) in [5, 5.41) is 2.51. The maximum atomic E-state index is 12.8. The Kier molecular flexibility index (Phi) is 8.83. The molecule has 0 aromatic heterocycles. The number of benzene rings is 2. The van der Waals surface area contributed by atoms with Crippen LogP contribution in [0, 0.1) is 5.92 Å². The van der Waals surface area contributed by atoms with E-state index in [0.717, 1.165) is 37.7 Å². The summed E-state index contributed by atoms with van der Waals surface area (Å²) in [7, 11) is -1.23. The molecule has 1 aliphatic rings. The molecule has 1 fully saturated rings. The van der Waals surface area contributed by atoms with E-state index in [1.165, 1.54) is 10.5 Å². The van der Waals surface area contributed by atoms with Crippen molar-refractivity contribution in [1.29, 1.82) is 0 Å². The summed E-state index contributed by atoms with van der Waals surface area (Å²) in [5.41, 5.74) is 2.34. The highest BCUT2D eigenvalue weighted by molar-refractivity contribution is 7.85. The minimum absolute atomic E-state index is 0.0115. The standard InChI is InChI=1S/C25H32N2O3S/c1-20-24(29)27(25(20)31(30)19-22-15-9-5-10-16-22)18-23(28)26-17-11-3-2-6-12-21-13-7-4-8-14-21/h4-5,7-10,13-16,20,25H,2-3,6,11-12,17-19H2,1H3,(H,26,28)/t20-,25+,31?/m1/s1. The van der Waals surface area contributed by atoms with E-state index in [4.69, 9.17) is 0 Å². The van der Waals surface area contributed by atoms with E-state index in [0.29, 0.717) is 12.3 Å². The van der Waals surface area contributed by atoms with Gasteiger partial charge in [-0.05, 0) is 30.4 Å². The molecule has 0 bridgehead atoms. The molecular weight excluding hydrogens is 408 g/mol. The second kappa shape index (κ2) is 11.8. The molecule has 5 nitrogen and oxygen atoms in total. The Labute approximate surface area is 187 Å². The van der Waals surface area contributed by atoms with Gasteiger partial charge in [-0.3, -0.25) is 13.8 Å². The molecule has 166 valence electrons. The van der Waals surface area contributed by atoms with Crippen molar-refractivity contribution in [3.05, 3.63) is 71.8 Å². The zero-order valence-electron chi connectivity index (χ0n) is 18.2. The minimum Gasteiger partial charge on any atom is -0.355 e. The first-order valence-corrected chi connectivity index (χ1v) is 12.5. The maximum absolute atomic E-state index is 12.8. The number of nitrogens with one attached hydrogen (secondary N) is 1. The van der Waals surface area contributed by atoms with Gasteiger partial charge in [0.1, 0.15) is 11.9 Å². The average Bonchev–Trinajstić information content (AvgIpc) is 2.79. The van der Waals surface area contributed by atoms with Gasteiger partial charge in [0.2, 0.25) is 11.8 Å². The fourth-order valence-corrected chi connectivity index (χ4v) is 5.67. The third kappa shape index (κ3) is 6.76. The van der Waals surface area contributed by atoms with E-state index in [1.807, 2.05) is 36.4 Å². The molecule has 1 aliphatic heterocycles. The van der Waals surface area contributed by atoms with E-state index in [-0.39, 0.29) is 24.3 Å². The summed E-state index contributed by atoms with van der Waals surface area (Å²) in [4.78, 5) is 26.0. The molecule has 3 atom stereocenters. The molecule has 3 rings (SSSR count). The largest absolute Gasteiger partial charge is 0.355 e. The molecule has 1 unspecified atom stereocenters. The Morgan fingerprint density at radius 3 is 2.23 bits per heavy atom. The summed E-state index contributed by atoms with van der Waals surface area (Å²) in [6.07, 6.45) is 5.36. The quantitative estimate of drug-likeness (QED) is 0.405. The molecule has 0 aliphatic carbocycles. The monoisotopic (exact) mass is 440 g/mol. The highest BCUT2D eigenvalue weighted by atomic mass is 32.2. The van der Waals surface area contributed by atoms with Gasteiger partial charge in [-0.2, -0.15) is 0 Å². The number of rotatable bonds is 12. The van der Waals surface area contributed by atoms with Gasteiger partial charge in [-0.25, -0.2) is 0 Å². The summed E-state index contributed by atoms with van der Waals surface area (Å²) in [6.45, 7) is 2.39. The van der Waals surface area contributed by atoms with Crippen LogP contribution in [0.1, 0.15) is 43.7 Å². The third-order valence-electron chi connectivity index (χ3n) is 5.70. The Bertz CT molecular complexity index is 873. The summed E-state index contributed by atoms with van der Waals surface area (Å²) >= 11 is 0. The predicted molar refractivity (Wildman–Crippen MR) is 125 cm³/mol. The van der Waals surface area contributed by atoms with Crippen molar-refractivity contribution < 1.29 is 13.8 Å². The molecule has 31 heavy (non-hydrogen) atoms. The Morgan fingerprint density at radius 2 is 1.55 bits per heavy atom. The number of amides is 2. The highest BCUT2D eigenvalue weighted by Gasteiger charge is 2.48. The van der Waals surface area contributed by atoms with E-state index >= 15 is 0 Å². The molecule has 2 aromatic carbocycles. The first kappa shape index (κ1) is 23.2. The number of carbonyl (C=O) groups excluding carboxylic acids is 2. The summed E-state index contributed by atoms with van der Waals surface area (Å²) in [6, 6.07) is 20.1. The van der Waals surface area contributed by atoms with Crippen molar-refractivity contribution in [3.63, 3.8) is 0 Å². The van der Waals surface area contributed by atoms with Crippen LogP contribution in [0.4, 0.5) is 0 Å². The SMILES string of the molecule is C[C@@H]1C(=O)N(CC(=O)NCCCCCCc2ccccc2)[C@H]1S(=O)Cc1ccccc1. The fourth-order valence-electron chi connectivity index (χ4n) is 3.95. The van der Waals surface area contributed by atoms with Gasteiger partial charge in [0.15, 0.2) is 0 Å².